The maximum Gasteiger partial charge on any atom is 0.337 e. The number of carbonyl (C=O) groups excluding carboxylic acids is 2. The van der Waals surface area contributed by atoms with Crippen LogP contribution in [0.1, 0.15) is 116 Å². The van der Waals surface area contributed by atoms with Crippen LogP contribution in [0.4, 0.5) is 0 Å². The minimum absolute atomic E-state index is 0.0181. The maximum absolute atomic E-state index is 14.0. The Morgan fingerprint density at radius 2 is 1.41 bits per heavy atom. The molecule has 1 heterocycles. The fourth-order valence-corrected chi connectivity index (χ4v) is 7.11. The third-order valence-electron chi connectivity index (χ3n) is 8.55. The van der Waals surface area contributed by atoms with Crippen LogP contribution in [0.5, 0.6) is 5.88 Å². The Morgan fingerprint density at radius 1 is 0.796 bits per heavy atom. The Kier molecular flexibility index (Phi) is 20.8. The molecular weight excluding hydrogens is 644 g/mol. The topological polar surface area (TPSA) is 145 Å². The van der Waals surface area contributed by atoms with Gasteiger partial charge in [-0.05, 0) is 24.5 Å². The summed E-state index contributed by atoms with van der Waals surface area (Å²) in [6, 6.07) is 13.6. The van der Waals surface area contributed by atoms with Gasteiger partial charge in [0.1, 0.15) is 12.7 Å². The highest BCUT2D eigenvalue weighted by molar-refractivity contribution is 7.84. The molecule has 0 saturated heterocycles. The van der Waals surface area contributed by atoms with Gasteiger partial charge < -0.3 is 20.1 Å². The normalized spacial score (nSPS) is 14.0. The van der Waals surface area contributed by atoms with Gasteiger partial charge in [0.15, 0.2) is 0 Å². The number of likely N-dealkylation sites (N-methyl/N-ethyl adjacent to an activating group) is 1. The van der Waals surface area contributed by atoms with Gasteiger partial charge in [-0.3, -0.25) is 9.59 Å². The molecule has 11 nitrogen and oxygen atoms in total. The molecule has 2 rings (SSSR count). The maximum atomic E-state index is 14.0. The van der Waals surface area contributed by atoms with Crippen LogP contribution in [-0.4, -0.2) is 63.7 Å². The van der Waals surface area contributed by atoms with E-state index in [0.717, 1.165) is 31.2 Å². The highest BCUT2D eigenvalue weighted by atomic mass is 32.2. The molecule has 12 heteroatoms. The molecule has 0 aliphatic carbocycles. The number of hydrogen-bond acceptors (Lipinski definition) is 8. The average Bonchev–Trinajstić information content (AvgIpc) is 3.11. The lowest BCUT2D eigenvalue weighted by atomic mass is 9.94. The molecule has 1 aromatic carbocycles. The number of aromatic nitrogens is 1. The summed E-state index contributed by atoms with van der Waals surface area (Å²) in [5.41, 5.74) is -1.93. The Labute approximate surface area is 294 Å². The quantitative estimate of drug-likeness (QED) is 0.0683. The number of hydrogen-bond donors (Lipinski definition) is 3. The fraction of sp³-hybridized carbons (Fsp3) is 0.649. The van der Waals surface area contributed by atoms with E-state index in [2.05, 4.69) is 27.3 Å². The third-order valence-corrected chi connectivity index (χ3v) is 9.66. The Bertz CT molecular complexity index is 1280. The van der Waals surface area contributed by atoms with Crippen LogP contribution in [0.3, 0.4) is 0 Å². The van der Waals surface area contributed by atoms with Crippen LogP contribution in [-0.2, 0) is 35.4 Å². The predicted octanol–water partition coefficient (Wildman–Crippen LogP) is 6.39. The Morgan fingerprint density at radius 3 is 1.96 bits per heavy atom. The number of amides is 2. The lowest BCUT2D eigenvalue weighted by Crippen LogP contribution is -2.67. The first kappa shape index (κ1) is 42.1. The number of pyridine rings is 1. The SMILES string of the molecule is CCCCCCCCCCCCCCC(CCC)NS(=O)(=O)OC(C(=O)NC)(C(=O)NCc1ccccc1)C(COc1ccccn1)OC. The van der Waals surface area contributed by atoms with Crippen molar-refractivity contribution < 1.29 is 31.7 Å². The molecule has 0 spiro atoms. The second-order valence-corrected chi connectivity index (χ2v) is 13.8. The summed E-state index contributed by atoms with van der Waals surface area (Å²) in [6.45, 7) is 3.82. The largest absolute Gasteiger partial charge is 0.475 e. The highest BCUT2D eigenvalue weighted by Crippen LogP contribution is 2.25. The standard InChI is InChI=1S/C37H60N4O7S/c1-5-7-8-9-10-11-12-13-14-15-16-20-26-32(23-6-2)41-49(44,45)48-37(35(42)38-3,36(43)40-29-31-24-18-17-19-25-31)33(46-4)30-47-34-27-21-22-28-39-34/h17-19,21-22,24-25,27-28,32-33,41H,5-16,20,23,26,29-30H2,1-4H3,(H,38,42)(H,40,43). The zero-order valence-electron chi connectivity index (χ0n) is 30.1. The van der Waals surface area contributed by atoms with Gasteiger partial charge in [-0.15, -0.1) is 0 Å². The molecule has 0 saturated carbocycles. The smallest absolute Gasteiger partial charge is 0.337 e. The van der Waals surface area contributed by atoms with E-state index in [9.17, 15) is 18.0 Å². The van der Waals surface area contributed by atoms with Crippen molar-refractivity contribution in [2.24, 2.45) is 0 Å². The molecule has 3 unspecified atom stereocenters. The Balaban J connectivity index is 2.14. The minimum Gasteiger partial charge on any atom is -0.475 e. The molecule has 3 atom stereocenters. The summed E-state index contributed by atoms with van der Waals surface area (Å²) in [5, 5.41) is 5.09. The highest BCUT2D eigenvalue weighted by Gasteiger charge is 2.58. The lowest BCUT2D eigenvalue weighted by molar-refractivity contribution is -0.166. The minimum atomic E-state index is -4.67. The summed E-state index contributed by atoms with van der Waals surface area (Å²) in [6.07, 6.45) is 16.5. The fourth-order valence-electron chi connectivity index (χ4n) is 5.81. The molecule has 0 radical (unpaired) electrons. The number of rotatable bonds is 28. The molecule has 3 N–H and O–H groups in total. The summed E-state index contributed by atoms with van der Waals surface area (Å²) < 4.78 is 47.1. The van der Waals surface area contributed by atoms with Crippen molar-refractivity contribution >= 4 is 22.1 Å². The first-order chi connectivity index (χ1) is 23.7. The first-order valence-corrected chi connectivity index (χ1v) is 19.5. The zero-order chi connectivity index (χ0) is 35.8. The summed E-state index contributed by atoms with van der Waals surface area (Å²) >= 11 is 0. The third kappa shape index (κ3) is 15.6. The van der Waals surface area contributed by atoms with Crippen LogP contribution < -0.4 is 20.1 Å². The predicted molar refractivity (Wildman–Crippen MR) is 193 cm³/mol. The monoisotopic (exact) mass is 704 g/mol. The van der Waals surface area contributed by atoms with Crippen molar-refractivity contribution in [3.8, 4) is 5.88 Å². The van der Waals surface area contributed by atoms with Gasteiger partial charge in [-0.1, -0.05) is 134 Å². The van der Waals surface area contributed by atoms with Gasteiger partial charge in [0.2, 0.25) is 5.88 Å². The van der Waals surface area contributed by atoms with Gasteiger partial charge >= 0.3 is 10.3 Å². The van der Waals surface area contributed by atoms with Crippen LogP contribution in [0.15, 0.2) is 54.7 Å². The molecule has 0 aliphatic heterocycles. The second kappa shape index (κ2) is 24.2. The van der Waals surface area contributed by atoms with E-state index in [1.807, 2.05) is 13.0 Å². The van der Waals surface area contributed by atoms with Crippen molar-refractivity contribution in [3.63, 3.8) is 0 Å². The van der Waals surface area contributed by atoms with Gasteiger partial charge in [0.25, 0.3) is 17.4 Å². The number of methoxy groups -OCH3 is 1. The summed E-state index contributed by atoms with van der Waals surface area (Å²) in [4.78, 5) is 31.8. The van der Waals surface area contributed by atoms with Crippen molar-refractivity contribution in [2.75, 3.05) is 20.8 Å². The molecular formula is C37H60N4O7S. The van der Waals surface area contributed by atoms with E-state index >= 15 is 0 Å². The van der Waals surface area contributed by atoms with Crippen molar-refractivity contribution in [2.45, 2.75) is 134 Å². The van der Waals surface area contributed by atoms with E-state index in [0.29, 0.717) is 12.8 Å². The number of carbonyl (C=O) groups is 2. The van der Waals surface area contributed by atoms with Crippen LogP contribution in [0.2, 0.25) is 0 Å². The summed E-state index contributed by atoms with van der Waals surface area (Å²) in [5.74, 6) is -1.80. The lowest BCUT2D eigenvalue weighted by Gasteiger charge is -2.35. The van der Waals surface area contributed by atoms with Crippen LogP contribution in [0, 0.1) is 0 Å². The van der Waals surface area contributed by atoms with Crippen molar-refractivity contribution in [1.82, 2.24) is 20.3 Å². The van der Waals surface area contributed by atoms with E-state index in [4.69, 9.17) is 13.7 Å². The van der Waals surface area contributed by atoms with Crippen LogP contribution >= 0.6 is 0 Å². The zero-order valence-corrected chi connectivity index (χ0v) is 30.9. The molecule has 2 aromatic rings. The van der Waals surface area contributed by atoms with E-state index in [-0.39, 0.29) is 12.4 Å². The number of unbranched alkanes of at least 4 members (excludes halogenated alkanes) is 11. The van der Waals surface area contributed by atoms with Gasteiger partial charge in [0, 0.05) is 39.0 Å². The molecule has 49 heavy (non-hydrogen) atoms. The van der Waals surface area contributed by atoms with E-state index in [1.165, 1.54) is 78.1 Å². The van der Waals surface area contributed by atoms with Crippen molar-refractivity contribution in [1.29, 1.82) is 0 Å². The Hall–Kier alpha value is -3.06. The molecule has 0 bridgehead atoms. The number of nitrogens with zero attached hydrogens (tertiary/aromatic N) is 1. The van der Waals surface area contributed by atoms with Gasteiger partial charge in [0.05, 0.1) is 0 Å². The molecule has 0 fully saturated rings. The molecule has 0 aliphatic rings. The number of nitrogens with one attached hydrogen (secondary N) is 3. The summed E-state index contributed by atoms with van der Waals surface area (Å²) in [7, 11) is -2.12. The number of benzene rings is 1. The van der Waals surface area contributed by atoms with E-state index in [1.54, 1.807) is 42.5 Å². The first-order valence-electron chi connectivity index (χ1n) is 18.1. The van der Waals surface area contributed by atoms with Gasteiger partial charge in [-0.25, -0.2) is 9.17 Å². The average molecular weight is 705 g/mol. The van der Waals surface area contributed by atoms with Crippen LogP contribution in [0.25, 0.3) is 0 Å². The molecule has 1 aromatic heterocycles. The van der Waals surface area contributed by atoms with Crippen molar-refractivity contribution in [3.05, 3.63) is 60.3 Å². The number of ether oxygens (including phenoxy) is 2. The molecule has 276 valence electrons. The van der Waals surface area contributed by atoms with Gasteiger partial charge in [-0.2, -0.15) is 13.1 Å². The van der Waals surface area contributed by atoms with E-state index < -0.39 is 46.5 Å². The molecule has 2 amide bonds. The second-order valence-electron chi connectivity index (χ2n) is 12.5.